The number of hydrogen-bond acceptors (Lipinski definition) is 3. The Labute approximate surface area is 105 Å². The number of carbonyl (C=O) groups excluding carboxylic acids is 1. The lowest BCUT2D eigenvalue weighted by atomic mass is 10.2. The minimum atomic E-state index is -0.452. The van der Waals surface area contributed by atoms with Crippen LogP contribution in [-0.4, -0.2) is 15.9 Å². The number of anilines is 1. The minimum absolute atomic E-state index is 0.288. The average Bonchev–Trinajstić information content (AvgIpc) is 2.32. The topological polar surface area (TPSA) is 54.9 Å². The number of aromatic nitrogens is 2. The number of amides is 1. The van der Waals surface area contributed by atoms with Gasteiger partial charge in [-0.25, -0.2) is 9.37 Å². The Bertz CT molecular complexity index is 545. The van der Waals surface area contributed by atoms with Crippen molar-refractivity contribution >= 4 is 27.7 Å². The molecule has 0 unspecified atom stereocenters. The van der Waals surface area contributed by atoms with E-state index in [1.807, 2.05) is 0 Å². The van der Waals surface area contributed by atoms with Gasteiger partial charge in [0.25, 0.3) is 5.91 Å². The van der Waals surface area contributed by atoms with Gasteiger partial charge in [-0.3, -0.25) is 9.78 Å². The Morgan fingerprint density at radius 3 is 2.76 bits per heavy atom. The van der Waals surface area contributed by atoms with Crippen molar-refractivity contribution in [3.05, 3.63) is 52.6 Å². The molecule has 2 aromatic rings. The van der Waals surface area contributed by atoms with E-state index in [0.29, 0.717) is 10.0 Å². The maximum absolute atomic E-state index is 12.6. The number of nitrogens with zero attached hydrogens (tertiary/aromatic N) is 2. The molecule has 86 valence electrons. The predicted octanol–water partition coefficient (Wildman–Crippen LogP) is 2.63. The van der Waals surface area contributed by atoms with Crippen LogP contribution in [0.4, 0.5) is 10.2 Å². The fourth-order valence-corrected chi connectivity index (χ4v) is 1.54. The first-order valence-corrected chi connectivity index (χ1v) is 5.48. The van der Waals surface area contributed by atoms with Crippen LogP contribution in [0.2, 0.25) is 0 Å². The molecule has 0 atom stereocenters. The van der Waals surface area contributed by atoms with Gasteiger partial charge in [0.2, 0.25) is 0 Å². The highest BCUT2D eigenvalue weighted by Crippen LogP contribution is 2.11. The van der Waals surface area contributed by atoms with Gasteiger partial charge in [-0.1, -0.05) is 0 Å². The normalized spacial score (nSPS) is 10.0. The summed E-state index contributed by atoms with van der Waals surface area (Å²) in [7, 11) is 0. The van der Waals surface area contributed by atoms with Gasteiger partial charge in [0.1, 0.15) is 11.6 Å². The van der Waals surface area contributed by atoms with Gasteiger partial charge in [0, 0.05) is 16.9 Å². The number of carbonyl (C=O) groups is 1. The molecule has 0 aliphatic heterocycles. The second kappa shape index (κ2) is 5.01. The third kappa shape index (κ3) is 3.07. The van der Waals surface area contributed by atoms with Crippen molar-refractivity contribution in [2.45, 2.75) is 0 Å². The summed E-state index contributed by atoms with van der Waals surface area (Å²) in [5, 5.41) is 2.54. The van der Waals surface area contributed by atoms with Crippen LogP contribution < -0.4 is 5.32 Å². The van der Waals surface area contributed by atoms with Gasteiger partial charge in [0.05, 0.1) is 11.8 Å². The number of rotatable bonds is 2. The summed E-state index contributed by atoms with van der Waals surface area (Å²) in [6.07, 6.45) is 4.05. The Morgan fingerprint density at radius 1 is 1.29 bits per heavy atom. The molecule has 0 radical (unpaired) electrons. The van der Waals surface area contributed by atoms with Crippen LogP contribution in [0.15, 0.2) is 41.3 Å². The van der Waals surface area contributed by atoms with Crippen LogP contribution in [0.1, 0.15) is 10.4 Å². The van der Waals surface area contributed by atoms with Gasteiger partial charge in [-0.15, -0.1) is 0 Å². The van der Waals surface area contributed by atoms with E-state index in [0.717, 1.165) is 6.20 Å². The molecule has 1 N–H and O–H groups in total. The lowest BCUT2D eigenvalue weighted by Crippen LogP contribution is -2.13. The zero-order chi connectivity index (χ0) is 12.3. The molecule has 0 bridgehead atoms. The lowest BCUT2D eigenvalue weighted by molar-refractivity contribution is 0.102. The molecule has 0 aromatic carbocycles. The van der Waals surface area contributed by atoms with Crippen LogP contribution in [0.3, 0.4) is 0 Å². The van der Waals surface area contributed by atoms with Crippen LogP contribution >= 0.6 is 15.9 Å². The van der Waals surface area contributed by atoms with E-state index in [1.165, 1.54) is 18.3 Å². The molecule has 6 heteroatoms. The molecule has 0 saturated heterocycles. The number of pyridine rings is 2. The molecule has 2 heterocycles. The number of halogens is 2. The van der Waals surface area contributed by atoms with E-state index in [1.54, 1.807) is 12.3 Å². The maximum Gasteiger partial charge on any atom is 0.258 e. The first-order valence-electron chi connectivity index (χ1n) is 4.68. The fraction of sp³-hybridized carbons (Fsp3) is 0. The van der Waals surface area contributed by atoms with Crippen molar-refractivity contribution in [3.63, 3.8) is 0 Å². The van der Waals surface area contributed by atoms with Gasteiger partial charge in [-0.2, -0.15) is 0 Å². The van der Waals surface area contributed by atoms with Gasteiger partial charge in [0.15, 0.2) is 0 Å². The Hall–Kier alpha value is -1.82. The van der Waals surface area contributed by atoms with E-state index < -0.39 is 5.82 Å². The summed E-state index contributed by atoms with van der Waals surface area (Å²) in [6, 6.07) is 4.24. The SMILES string of the molecule is O=C(Nc1ccc(F)cn1)c1cncc(Br)c1. The highest BCUT2D eigenvalue weighted by molar-refractivity contribution is 9.10. The van der Waals surface area contributed by atoms with E-state index in [2.05, 4.69) is 31.2 Å². The molecule has 2 aromatic heterocycles. The van der Waals surface area contributed by atoms with E-state index in [-0.39, 0.29) is 11.7 Å². The minimum Gasteiger partial charge on any atom is -0.307 e. The largest absolute Gasteiger partial charge is 0.307 e. The van der Waals surface area contributed by atoms with Gasteiger partial charge < -0.3 is 5.32 Å². The third-order valence-corrected chi connectivity index (χ3v) is 2.37. The summed E-state index contributed by atoms with van der Waals surface area (Å²) in [5.41, 5.74) is 0.394. The molecule has 0 aliphatic rings. The van der Waals surface area contributed by atoms with Gasteiger partial charge in [-0.05, 0) is 34.1 Å². The molecule has 0 spiro atoms. The van der Waals surface area contributed by atoms with Crippen LogP contribution in [0, 0.1) is 5.82 Å². The molecular formula is C11H7BrFN3O. The summed E-state index contributed by atoms with van der Waals surface area (Å²) in [4.78, 5) is 19.3. The van der Waals surface area contributed by atoms with E-state index in [4.69, 9.17) is 0 Å². The second-order valence-electron chi connectivity index (χ2n) is 3.21. The van der Waals surface area contributed by atoms with Crippen molar-refractivity contribution in [2.24, 2.45) is 0 Å². The van der Waals surface area contributed by atoms with Crippen LogP contribution in [0.5, 0.6) is 0 Å². The average molecular weight is 296 g/mol. The molecule has 1 amide bonds. The van der Waals surface area contributed by atoms with E-state index in [9.17, 15) is 9.18 Å². The number of hydrogen-bond donors (Lipinski definition) is 1. The Balaban J connectivity index is 2.14. The Morgan fingerprint density at radius 2 is 2.12 bits per heavy atom. The summed E-state index contributed by atoms with van der Waals surface area (Å²) >= 11 is 3.22. The first kappa shape index (κ1) is 11.7. The molecule has 0 fully saturated rings. The quantitative estimate of drug-likeness (QED) is 0.927. The smallest absolute Gasteiger partial charge is 0.258 e. The molecule has 17 heavy (non-hydrogen) atoms. The maximum atomic E-state index is 12.6. The van der Waals surface area contributed by atoms with Crippen molar-refractivity contribution in [3.8, 4) is 0 Å². The number of nitrogens with one attached hydrogen (secondary N) is 1. The standard InChI is InChI=1S/C11H7BrFN3O/c12-8-3-7(4-14-5-8)11(17)16-10-2-1-9(13)6-15-10/h1-6H,(H,15,16,17). The predicted molar refractivity (Wildman–Crippen MR) is 64.1 cm³/mol. The third-order valence-electron chi connectivity index (χ3n) is 1.94. The second-order valence-corrected chi connectivity index (χ2v) is 4.12. The highest BCUT2D eigenvalue weighted by Gasteiger charge is 2.07. The first-order chi connectivity index (χ1) is 8.15. The molecular weight excluding hydrogens is 289 g/mol. The van der Waals surface area contributed by atoms with Crippen molar-refractivity contribution in [2.75, 3.05) is 5.32 Å². The zero-order valence-electron chi connectivity index (χ0n) is 8.52. The van der Waals surface area contributed by atoms with Crippen LogP contribution in [-0.2, 0) is 0 Å². The van der Waals surface area contributed by atoms with Crippen molar-refractivity contribution < 1.29 is 9.18 Å². The summed E-state index contributed by atoms with van der Waals surface area (Å²) < 4.78 is 13.3. The monoisotopic (exact) mass is 295 g/mol. The molecule has 0 aliphatic carbocycles. The lowest BCUT2D eigenvalue weighted by Gasteiger charge is -2.03. The van der Waals surface area contributed by atoms with Crippen LogP contribution in [0.25, 0.3) is 0 Å². The highest BCUT2D eigenvalue weighted by atomic mass is 79.9. The molecule has 2 rings (SSSR count). The van der Waals surface area contributed by atoms with Crippen molar-refractivity contribution in [1.29, 1.82) is 0 Å². The summed E-state index contributed by atoms with van der Waals surface area (Å²) in [5.74, 6) is -0.513. The van der Waals surface area contributed by atoms with Crippen molar-refractivity contribution in [1.82, 2.24) is 9.97 Å². The zero-order valence-corrected chi connectivity index (χ0v) is 10.1. The van der Waals surface area contributed by atoms with E-state index >= 15 is 0 Å². The van der Waals surface area contributed by atoms with Gasteiger partial charge >= 0.3 is 0 Å². The fourth-order valence-electron chi connectivity index (χ4n) is 1.17. The molecule has 4 nitrogen and oxygen atoms in total. The summed E-state index contributed by atoms with van der Waals surface area (Å²) in [6.45, 7) is 0. The Kier molecular flexibility index (Phi) is 3.43. The molecule has 0 saturated carbocycles.